The maximum absolute atomic E-state index is 12.1. The standard InChI is InChI=1S/C14H25N5O3/c1-14(2,3)22-13(20)18-6-4-5-12(9-18)10-21-8-7-19-16-11-15-17-19/h11-12H,4-10H2,1-3H3/t12-/m0/s1. The number of nitrogens with zero attached hydrogens (tertiary/aromatic N) is 5. The lowest BCUT2D eigenvalue weighted by molar-refractivity contribution is 0.00668. The minimum atomic E-state index is -0.453. The van der Waals surface area contributed by atoms with Crippen LogP contribution in [-0.4, -0.2) is 63.1 Å². The van der Waals surface area contributed by atoms with E-state index in [1.54, 1.807) is 4.90 Å². The number of amides is 1. The van der Waals surface area contributed by atoms with E-state index < -0.39 is 5.60 Å². The molecule has 8 heteroatoms. The fraction of sp³-hybridized carbons (Fsp3) is 0.857. The van der Waals surface area contributed by atoms with E-state index in [0.717, 1.165) is 19.4 Å². The van der Waals surface area contributed by atoms with E-state index in [9.17, 15) is 4.79 Å². The fourth-order valence-corrected chi connectivity index (χ4v) is 2.38. The summed E-state index contributed by atoms with van der Waals surface area (Å²) in [5.74, 6) is 0.352. The number of hydrogen-bond acceptors (Lipinski definition) is 6. The molecule has 0 bridgehead atoms. The Bertz CT molecular complexity index is 458. The number of hydrogen-bond donors (Lipinski definition) is 0. The molecule has 0 radical (unpaired) electrons. The van der Waals surface area contributed by atoms with Crippen LogP contribution >= 0.6 is 0 Å². The average molecular weight is 311 g/mol. The molecule has 22 heavy (non-hydrogen) atoms. The Morgan fingerprint density at radius 3 is 2.91 bits per heavy atom. The van der Waals surface area contributed by atoms with Gasteiger partial charge in [0.05, 0.1) is 19.8 Å². The van der Waals surface area contributed by atoms with Crippen molar-refractivity contribution in [2.75, 3.05) is 26.3 Å². The second-order valence-corrected chi connectivity index (χ2v) is 6.54. The molecule has 1 aliphatic rings. The summed E-state index contributed by atoms with van der Waals surface area (Å²) in [5, 5.41) is 11.3. The van der Waals surface area contributed by atoms with Gasteiger partial charge in [0.25, 0.3) is 0 Å². The highest BCUT2D eigenvalue weighted by atomic mass is 16.6. The molecule has 0 N–H and O–H groups in total. The van der Waals surface area contributed by atoms with Gasteiger partial charge in [-0.3, -0.25) is 0 Å². The van der Waals surface area contributed by atoms with Crippen molar-refractivity contribution in [3.63, 3.8) is 0 Å². The van der Waals surface area contributed by atoms with Crippen molar-refractivity contribution in [3.8, 4) is 0 Å². The molecule has 1 saturated heterocycles. The summed E-state index contributed by atoms with van der Waals surface area (Å²) >= 11 is 0. The van der Waals surface area contributed by atoms with Gasteiger partial charge < -0.3 is 14.4 Å². The SMILES string of the molecule is CC(C)(C)OC(=O)N1CCC[C@H](COCCn2ncnn2)C1. The van der Waals surface area contributed by atoms with Gasteiger partial charge >= 0.3 is 6.09 Å². The molecule has 1 aromatic rings. The summed E-state index contributed by atoms with van der Waals surface area (Å²) in [6.07, 6.45) is 3.22. The van der Waals surface area contributed by atoms with Crippen LogP contribution in [-0.2, 0) is 16.0 Å². The number of tetrazole rings is 1. The highest BCUT2D eigenvalue weighted by Crippen LogP contribution is 2.19. The lowest BCUT2D eigenvalue weighted by Crippen LogP contribution is -2.43. The van der Waals surface area contributed by atoms with Crippen LogP contribution in [0.5, 0.6) is 0 Å². The molecule has 1 aromatic heterocycles. The Labute approximate surface area is 130 Å². The maximum Gasteiger partial charge on any atom is 0.410 e. The second-order valence-electron chi connectivity index (χ2n) is 6.54. The maximum atomic E-state index is 12.1. The Kier molecular flexibility index (Phi) is 5.70. The number of carbonyl (C=O) groups is 1. The first kappa shape index (κ1) is 16.7. The molecule has 1 amide bonds. The summed E-state index contributed by atoms with van der Waals surface area (Å²) in [5.41, 5.74) is -0.453. The fourth-order valence-electron chi connectivity index (χ4n) is 2.38. The highest BCUT2D eigenvalue weighted by Gasteiger charge is 2.27. The minimum absolute atomic E-state index is 0.232. The van der Waals surface area contributed by atoms with Crippen molar-refractivity contribution in [1.82, 2.24) is 25.1 Å². The summed E-state index contributed by atoms with van der Waals surface area (Å²) in [4.78, 5) is 15.4. The van der Waals surface area contributed by atoms with Gasteiger partial charge in [-0.25, -0.2) is 4.79 Å². The zero-order chi connectivity index (χ0) is 16.0. The van der Waals surface area contributed by atoms with E-state index in [1.165, 1.54) is 11.1 Å². The first-order chi connectivity index (χ1) is 10.4. The molecule has 0 saturated carbocycles. The molecule has 0 unspecified atom stereocenters. The average Bonchev–Trinajstić information content (AvgIpc) is 2.95. The Morgan fingerprint density at radius 1 is 1.41 bits per heavy atom. The van der Waals surface area contributed by atoms with Gasteiger partial charge in [0, 0.05) is 19.0 Å². The molecule has 2 heterocycles. The lowest BCUT2D eigenvalue weighted by atomic mass is 9.99. The molecular formula is C14H25N5O3. The predicted octanol–water partition coefficient (Wildman–Crippen LogP) is 1.34. The van der Waals surface area contributed by atoms with Gasteiger partial charge in [0.2, 0.25) is 0 Å². The molecule has 1 fully saturated rings. The molecule has 0 aliphatic carbocycles. The Balaban J connectivity index is 1.68. The second kappa shape index (κ2) is 7.53. The minimum Gasteiger partial charge on any atom is -0.444 e. The third-order valence-corrected chi connectivity index (χ3v) is 3.35. The number of piperidine rings is 1. The topological polar surface area (TPSA) is 82.4 Å². The van der Waals surface area contributed by atoms with Gasteiger partial charge in [-0.1, -0.05) is 0 Å². The van der Waals surface area contributed by atoms with Gasteiger partial charge in [0.15, 0.2) is 6.33 Å². The zero-order valence-electron chi connectivity index (χ0n) is 13.6. The normalized spacial score (nSPS) is 19.2. The van der Waals surface area contributed by atoms with Gasteiger partial charge in [-0.05, 0) is 38.8 Å². The van der Waals surface area contributed by atoms with Crippen molar-refractivity contribution in [1.29, 1.82) is 0 Å². The van der Waals surface area contributed by atoms with E-state index in [-0.39, 0.29) is 6.09 Å². The van der Waals surface area contributed by atoms with E-state index in [0.29, 0.717) is 32.2 Å². The monoisotopic (exact) mass is 311 g/mol. The molecular weight excluding hydrogens is 286 g/mol. The first-order valence-corrected chi connectivity index (χ1v) is 7.70. The van der Waals surface area contributed by atoms with Gasteiger partial charge in [0.1, 0.15) is 5.60 Å². The lowest BCUT2D eigenvalue weighted by Gasteiger charge is -2.34. The van der Waals surface area contributed by atoms with Crippen LogP contribution in [0.2, 0.25) is 0 Å². The van der Waals surface area contributed by atoms with Gasteiger partial charge in [-0.2, -0.15) is 4.80 Å². The zero-order valence-corrected chi connectivity index (χ0v) is 13.6. The van der Waals surface area contributed by atoms with Crippen LogP contribution in [0.25, 0.3) is 0 Å². The largest absolute Gasteiger partial charge is 0.444 e. The van der Waals surface area contributed by atoms with Crippen molar-refractivity contribution in [2.45, 2.75) is 45.8 Å². The van der Waals surface area contributed by atoms with Crippen LogP contribution in [0.4, 0.5) is 4.79 Å². The first-order valence-electron chi connectivity index (χ1n) is 7.70. The summed E-state index contributed by atoms with van der Waals surface area (Å²) in [6.45, 7) is 8.86. The molecule has 0 aromatic carbocycles. The van der Waals surface area contributed by atoms with Crippen LogP contribution in [0.3, 0.4) is 0 Å². The molecule has 1 aliphatic heterocycles. The highest BCUT2D eigenvalue weighted by molar-refractivity contribution is 5.68. The number of rotatable bonds is 5. The molecule has 124 valence electrons. The summed E-state index contributed by atoms with van der Waals surface area (Å²) in [6, 6.07) is 0. The van der Waals surface area contributed by atoms with Gasteiger partial charge in [-0.15, -0.1) is 10.2 Å². The van der Waals surface area contributed by atoms with Crippen LogP contribution in [0.1, 0.15) is 33.6 Å². The molecule has 0 spiro atoms. The molecule has 2 rings (SSSR count). The van der Waals surface area contributed by atoms with Crippen LogP contribution in [0.15, 0.2) is 6.33 Å². The molecule has 8 nitrogen and oxygen atoms in total. The van der Waals surface area contributed by atoms with Crippen LogP contribution in [0, 0.1) is 5.92 Å². The summed E-state index contributed by atoms with van der Waals surface area (Å²) in [7, 11) is 0. The molecule has 1 atom stereocenters. The van der Waals surface area contributed by atoms with Crippen molar-refractivity contribution in [3.05, 3.63) is 6.33 Å². The van der Waals surface area contributed by atoms with Crippen molar-refractivity contribution < 1.29 is 14.3 Å². The van der Waals surface area contributed by atoms with E-state index in [4.69, 9.17) is 9.47 Å². The Hall–Kier alpha value is -1.70. The van der Waals surface area contributed by atoms with Crippen LogP contribution < -0.4 is 0 Å². The third kappa shape index (κ3) is 5.59. The Morgan fingerprint density at radius 2 is 2.23 bits per heavy atom. The predicted molar refractivity (Wildman–Crippen MR) is 79.2 cm³/mol. The number of aromatic nitrogens is 4. The number of ether oxygens (including phenoxy) is 2. The van der Waals surface area contributed by atoms with E-state index >= 15 is 0 Å². The van der Waals surface area contributed by atoms with Crippen molar-refractivity contribution in [2.24, 2.45) is 5.92 Å². The number of carbonyl (C=O) groups excluding carboxylic acids is 1. The smallest absolute Gasteiger partial charge is 0.410 e. The third-order valence-electron chi connectivity index (χ3n) is 3.35. The summed E-state index contributed by atoms with van der Waals surface area (Å²) < 4.78 is 11.1. The quantitative estimate of drug-likeness (QED) is 0.763. The number of likely N-dealkylation sites (tertiary alicyclic amines) is 1. The van der Waals surface area contributed by atoms with E-state index in [1.807, 2.05) is 20.8 Å². The van der Waals surface area contributed by atoms with Crippen molar-refractivity contribution >= 4 is 6.09 Å². The van der Waals surface area contributed by atoms with E-state index in [2.05, 4.69) is 15.4 Å².